The predicted octanol–water partition coefficient (Wildman–Crippen LogP) is 3.60. The highest BCUT2D eigenvalue weighted by molar-refractivity contribution is 6.30. The van der Waals surface area contributed by atoms with Gasteiger partial charge in [-0.1, -0.05) is 25.4 Å². The predicted molar refractivity (Wildman–Crippen MR) is 78.4 cm³/mol. The standard InChI is InChI=1S/C14H16ClN3O/c1-8(2)12-7-13(19)18-14(17-12)16-11-5-4-10(15)6-9(11)3/h4-8H,1-3H3,(H2,16,17,18,19). The molecule has 2 aromatic rings. The fourth-order valence-electron chi connectivity index (χ4n) is 1.73. The van der Waals surface area contributed by atoms with Crippen molar-refractivity contribution in [3.8, 4) is 0 Å². The molecule has 0 aliphatic carbocycles. The van der Waals surface area contributed by atoms with Gasteiger partial charge in [-0.15, -0.1) is 0 Å². The van der Waals surface area contributed by atoms with Crippen LogP contribution >= 0.6 is 11.6 Å². The van der Waals surface area contributed by atoms with Gasteiger partial charge >= 0.3 is 0 Å². The molecular weight excluding hydrogens is 262 g/mol. The van der Waals surface area contributed by atoms with Crippen molar-refractivity contribution in [2.24, 2.45) is 0 Å². The lowest BCUT2D eigenvalue weighted by Crippen LogP contribution is -2.13. The highest BCUT2D eigenvalue weighted by Gasteiger charge is 2.06. The lowest BCUT2D eigenvalue weighted by molar-refractivity contribution is 0.812. The fourth-order valence-corrected chi connectivity index (χ4v) is 1.95. The van der Waals surface area contributed by atoms with Gasteiger partial charge in [0.1, 0.15) is 0 Å². The van der Waals surface area contributed by atoms with E-state index in [-0.39, 0.29) is 11.5 Å². The number of anilines is 2. The highest BCUT2D eigenvalue weighted by Crippen LogP contribution is 2.22. The summed E-state index contributed by atoms with van der Waals surface area (Å²) in [5.74, 6) is 0.649. The number of rotatable bonds is 3. The zero-order valence-corrected chi connectivity index (χ0v) is 11.9. The minimum absolute atomic E-state index is 0.159. The third kappa shape index (κ3) is 3.35. The van der Waals surface area contributed by atoms with E-state index in [4.69, 9.17) is 11.6 Å². The molecule has 0 fully saturated rings. The van der Waals surface area contributed by atoms with Gasteiger partial charge in [0.15, 0.2) is 0 Å². The Morgan fingerprint density at radius 3 is 2.68 bits per heavy atom. The Bertz CT molecular complexity index is 649. The van der Waals surface area contributed by atoms with Crippen LogP contribution in [-0.4, -0.2) is 9.97 Å². The molecule has 19 heavy (non-hydrogen) atoms. The number of nitrogens with one attached hydrogen (secondary N) is 2. The number of H-pyrrole nitrogens is 1. The molecule has 0 aliphatic rings. The van der Waals surface area contributed by atoms with Gasteiger partial charge in [-0.05, 0) is 36.6 Å². The number of halogens is 1. The molecule has 0 bridgehead atoms. The highest BCUT2D eigenvalue weighted by atomic mass is 35.5. The van der Waals surface area contributed by atoms with E-state index in [2.05, 4.69) is 15.3 Å². The molecule has 0 amide bonds. The Kier molecular flexibility index (Phi) is 3.90. The summed E-state index contributed by atoms with van der Waals surface area (Å²) in [5, 5.41) is 3.79. The first-order valence-corrected chi connectivity index (χ1v) is 6.48. The summed E-state index contributed by atoms with van der Waals surface area (Å²) in [6.45, 7) is 5.94. The van der Waals surface area contributed by atoms with Crippen molar-refractivity contribution in [2.75, 3.05) is 5.32 Å². The van der Waals surface area contributed by atoms with Crippen LogP contribution in [-0.2, 0) is 0 Å². The minimum atomic E-state index is -0.159. The summed E-state index contributed by atoms with van der Waals surface area (Å²) in [7, 11) is 0. The van der Waals surface area contributed by atoms with Crippen LogP contribution in [0.3, 0.4) is 0 Å². The van der Waals surface area contributed by atoms with Gasteiger partial charge in [-0.3, -0.25) is 9.78 Å². The molecule has 1 heterocycles. The van der Waals surface area contributed by atoms with Crippen molar-refractivity contribution in [2.45, 2.75) is 26.7 Å². The average molecular weight is 278 g/mol. The summed E-state index contributed by atoms with van der Waals surface area (Å²) in [5.41, 5.74) is 2.46. The summed E-state index contributed by atoms with van der Waals surface area (Å²) >= 11 is 5.91. The monoisotopic (exact) mass is 277 g/mol. The van der Waals surface area contributed by atoms with Crippen LogP contribution in [0.2, 0.25) is 5.02 Å². The van der Waals surface area contributed by atoms with Crippen molar-refractivity contribution in [3.05, 3.63) is 50.9 Å². The van der Waals surface area contributed by atoms with Crippen LogP contribution in [0.25, 0.3) is 0 Å². The van der Waals surface area contributed by atoms with E-state index in [0.717, 1.165) is 16.9 Å². The Morgan fingerprint density at radius 2 is 2.05 bits per heavy atom. The molecule has 2 rings (SSSR count). The van der Waals surface area contributed by atoms with Gasteiger partial charge in [-0.2, -0.15) is 0 Å². The molecule has 0 aliphatic heterocycles. The maximum absolute atomic E-state index is 11.6. The molecule has 5 heteroatoms. The first kappa shape index (κ1) is 13.6. The second-order valence-corrected chi connectivity index (χ2v) is 5.19. The minimum Gasteiger partial charge on any atom is -0.325 e. The van der Waals surface area contributed by atoms with E-state index in [9.17, 15) is 4.79 Å². The van der Waals surface area contributed by atoms with Crippen LogP contribution in [0, 0.1) is 6.92 Å². The summed E-state index contributed by atoms with van der Waals surface area (Å²) in [4.78, 5) is 18.7. The van der Waals surface area contributed by atoms with E-state index in [0.29, 0.717) is 11.0 Å². The van der Waals surface area contributed by atoms with Gasteiger partial charge in [-0.25, -0.2) is 4.98 Å². The van der Waals surface area contributed by atoms with Crippen LogP contribution in [0.4, 0.5) is 11.6 Å². The normalized spacial score (nSPS) is 10.8. The molecule has 0 radical (unpaired) electrons. The van der Waals surface area contributed by atoms with Crippen molar-refractivity contribution in [1.29, 1.82) is 0 Å². The zero-order valence-electron chi connectivity index (χ0n) is 11.1. The first-order chi connectivity index (χ1) is 8.95. The number of aromatic nitrogens is 2. The Labute approximate surface area is 116 Å². The van der Waals surface area contributed by atoms with E-state index in [1.54, 1.807) is 6.07 Å². The van der Waals surface area contributed by atoms with Gasteiger partial charge < -0.3 is 5.32 Å². The molecule has 0 saturated heterocycles. The first-order valence-electron chi connectivity index (χ1n) is 6.10. The molecule has 2 N–H and O–H groups in total. The number of benzene rings is 1. The van der Waals surface area contributed by atoms with Crippen molar-refractivity contribution < 1.29 is 0 Å². The van der Waals surface area contributed by atoms with E-state index >= 15 is 0 Å². The van der Waals surface area contributed by atoms with Crippen molar-refractivity contribution >= 4 is 23.2 Å². The Morgan fingerprint density at radius 1 is 1.32 bits per heavy atom. The third-order valence-electron chi connectivity index (χ3n) is 2.79. The molecule has 0 saturated carbocycles. The van der Waals surface area contributed by atoms with Gasteiger partial charge in [0.2, 0.25) is 5.95 Å². The molecule has 0 atom stereocenters. The zero-order chi connectivity index (χ0) is 14.0. The van der Waals surface area contributed by atoms with Gasteiger partial charge in [0, 0.05) is 16.8 Å². The van der Waals surface area contributed by atoms with Gasteiger partial charge in [0.05, 0.1) is 5.69 Å². The molecule has 100 valence electrons. The smallest absolute Gasteiger partial charge is 0.252 e. The van der Waals surface area contributed by atoms with E-state index < -0.39 is 0 Å². The lowest BCUT2D eigenvalue weighted by atomic mass is 10.1. The number of hydrogen-bond donors (Lipinski definition) is 2. The van der Waals surface area contributed by atoms with E-state index in [1.165, 1.54) is 6.07 Å². The molecule has 1 aromatic heterocycles. The Balaban J connectivity index is 2.35. The summed E-state index contributed by atoms with van der Waals surface area (Å²) < 4.78 is 0. The topological polar surface area (TPSA) is 57.8 Å². The van der Waals surface area contributed by atoms with Crippen LogP contribution < -0.4 is 10.9 Å². The molecule has 1 aromatic carbocycles. The third-order valence-corrected chi connectivity index (χ3v) is 3.03. The SMILES string of the molecule is Cc1cc(Cl)ccc1Nc1nc(C(C)C)cc(=O)[nH]1. The molecule has 0 spiro atoms. The number of aryl methyl sites for hydroxylation is 1. The molecular formula is C14H16ClN3O. The maximum atomic E-state index is 11.6. The average Bonchev–Trinajstić information content (AvgIpc) is 2.32. The summed E-state index contributed by atoms with van der Waals surface area (Å²) in [6, 6.07) is 7.03. The van der Waals surface area contributed by atoms with Crippen LogP contribution in [0.15, 0.2) is 29.1 Å². The largest absolute Gasteiger partial charge is 0.325 e. The molecule has 0 unspecified atom stereocenters. The van der Waals surface area contributed by atoms with Crippen molar-refractivity contribution in [1.82, 2.24) is 9.97 Å². The number of nitrogens with zero attached hydrogens (tertiary/aromatic N) is 1. The summed E-state index contributed by atoms with van der Waals surface area (Å²) in [6.07, 6.45) is 0. The lowest BCUT2D eigenvalue weighted by Gasteiger charge is -2.11. The molecule has 4 nitrogen and oxygen atoms in total. The number of aromatic amines is 1. The second kappa shape index (κ2) is 5.45. The quantitative estimate of drug-likeness (QED) is 0.901. The van der Waals surface area contributed by atoms with Gasteiger partial charge in [0.25, 0.3) is 5.56 Å². The second-order valence-electron chi connectivity index (χ2n) is 4.76. The van der Waals surface area contributed by atoms with Crippen molar-refractivity contribution in [3.63, 3.8) is 0 Å². The number of hydrogen-bond acceptors (Lipinski definition) is 3. The fraction of sp³-hybridized carbons (Fsp3) is 0.286. The van der Waals surface area contributed by atoms with Crippen LogP contribution in [0.5, 0.6) is 0 Å². The van der Waals surface area contributed by atoms with E-state index in [1.807, 2.05) is 32.9 Å². The van der Waals surface area contributed by atoms with Crippen LogP contribution in [0.1, 0.15) is 31.0 Å². The Hall–Kier alpha value is -1.81. The maximum Gasteiger partial charge on any atom is 0.252 e.